The van der Waals surface area contributed by atoms with Crippen LogP contribution in [0, 0.1) is 19.7 Å². The topological polar surface area (TPSA) is 12.9 Å². The fourth-order valence-electron chi connectivity index (χ4n) is 3.72. The lowest BCUT2D eigenvalue weighted by Gasteiger charge is -2.12. The maximum atomic E-state index is 14.4. The van der Waals surface area contributed by atoms with E-state index in [1.54, 1.807) is 6.20 Å². The van der Waals surface area contributed by atoms with Gasteiger partial charge in [0.25, 0.3) is 0 Å². The summed E-state index contributed by atoms with van der Waals surface area (Å²) >= 11 is 0. The van der Waals surface area contributed by atoms with Crippen LogP contribution >= 0.6 is 0 Å². The SMILES string of the molecule is Cc1cc(C)cc(-c2nccc3c2ccc2cc(CC(F)F)c(F)cc23)c1. The predicted octanol–water partition coefficient (Wildman–Crippen LogP) is 6.62. The lowest BCUT2D eigenvalue weighted by Crippen LogP contribution is -2.00. The maximum Gasteiger partial charge on any atom is 0.242 e. The summed E-state index contributed by atoms with van der Waals surface area (Å²) in [6, 6.07) is 14.8. The smallest absolute Gasteiger partial charge is 0.242 e. The van der Waals surface area contributed by atoms with Gasteiger partial charge >= 0.3 is 0 Å². The van der Waals surface area contributed by atoms with Gasteiger partial charge in [0.2, 0.25) is 6.43 Å². The zero-order chi connectivity index (χ0) is 19.1. The second-order valence-corrected chi connectivity index (χ2v) is 6.96. The van der Waals surface area contributed by atoms with Gasteiger partial charge in [0.05, 0.1) is 5.69 Å². The van der Waals surface area contributed by atoms with Crippen molar-refractivity contribution in [2.45, 2.75) is 26.7 Å². The second kappa shape index (κ2) is 6.69. The van der Waals surface area contributed by atoms with E-state index in [1.807, 2.05) is 32.0 Å². The van der Waals surface area contributed by atoms with Gasteiger partial charge in [-0.2, -0.15) is 0 Å². The monoisotopic (exact) mass is 365 g/mol. The molecule has 1 aromatic heterocycles. The molecule has 0 radical (unpaired) electrons. The minimum atomic E-state index is -2.57. The van der Waals surface area contributed by atoms with Crippen LogP contribution in [-0.4, -0.2) is 11.4 Å². The number of benzene rings is 3. The van der Waals surface area contributed by atoms with E-state index in [2.05, 4.69) is 23.2 Å². The van der Waals surface area contributed by atoms with Gasteiger partial charge in [0.15, 0.2) is 0 Å². The summed E-state index contributed by atoms with van der Waals surface area (Å²) in [7, 11) is 0. The number of rotatable bonds is 3. The third-order valence-electron chi connectivity index (χ3n) is 4.80. The first-order valence-electron chi connectivity index (χ1n) is 8.79. The lowest BCUT2D eigenvalue weighted by atomic mass is 9.96. The van der Waals surface area contributed by atoms with Crippen LogP contribution in [0.25, 0.3) is 32.8 Å². The molecule has 0 saturated carbocycles. The molecular formula is C23H18F3N. The highest BCUT2D eigenvalue weighted by atomic mass is 19.3. The van der Waals surface area contributed by atoms with Crippen LogP contribution in [0.15, 0.2) is 54.7 Å². The first-order chi connectivity index (χ1) is 12.9. The molecule has 0 unspecified atom stereocenters. The first kappa shape index (κ1) is 17.5. The van der Waals surface area contributed by atoms with Crippen LogP contribution < -0.4 is 0 Å². The number of aryl methyl sites for hydroxylation is 2. The van der Waals surface area contributed by atoms with Crippen molar-refractivity contribution in [1.82, 2.24) is 4.98 Å². The van der Waals surface area contributed by atoms with E-state index in [0.29, 0.717) is 5.39 Å². The van der Waals surface area contributed by atoms with Gasteiger partial charge in [-0.1, -0.05) is 29.3 Å². The van der Waals surface area contributed by atoms with E-state index in [9.17, 15) is 13.2 Å². The van der Waals surface area contributed by atoms with Crippen molar-refractivity contribution in [2.24, 2.45) is 0 Å². The highest BCUT2D eigenvalue weighted by Crippen LogP contribution is 2.33. The van der Waals surface area contributed by atoms with Crippen molar-refractivity contribution in [2.75, 3.05) is 0 Å². The number of hydrogen-bond acceptors (Lipinski definition) is 1. The van der Waals surface area contributed by atoms with Crippen molar-refractivity contribution < 1.29 is 13.2 Å². The number of nitrogens with zero attached hydrogens (tertiary/aromatic N) is 1. The Balaban J connectivity index is 1.97. The second-order valence-electron chi connectivity index (χ2n) is 6.96. The van der Waals surface area contributed by atoms with E-state index >= 15 is 0 Å². The summed E-state index contributed by atoms with van der Waals surface area (Å²) in [4.78, 5) is 4.55. The maximum absolute atomic E-state index is 14.4. The first-order valence-corrected chi connectivity index (χ1v) is 8.79. The van der Waals surface area contributed by atoms with E-state index in [-0.39, 0.29) is 5.56 Å². The molecule has 0 fully saturated rings. The molecule has 4 heteroatoms. The highest BCUT2D eigenvalue weighted by molar-refractivity contribution is 6.11. The molecule has 0 spiro atoms. The zero-order valence-electron chi connectivity index (χ0n) is 15.1. The normalized spacial score (nSPS) is 11.6. The van der Waals surface area contributed by atoms with E-state index < -0.39 is 18.7 Å². The van der Waals surface area contributed by atoms with E-state index in [0.717, 1.165) is 38.5 Å². The number of halogens is 3. The van der Waals surface area contributed by atoms with Gasteiger partial charge in [0, 0.05) is 23.6 Å². The van der Waals surface area contributed by atoms with Crippen molar-refractivity contribution in [3.63, 3.8) is 0 Å². The molecule has 3 aromatic carbocycles. The molecule has 0 amide bonds. The Labute approximate surface area is 155 Å². The van der Waals surface area contributed by atoms with Gasteiger partial charge in [-0.3, -0.25) is 4.98 Å². The van der Waals surface area contributed by atoms with Gasteiger partial charge in [-0.05, 0) is 65.9 Å². The quantitative estimate of drug-likeness (QED) is 0.372. The minimum Gasteiger partial charge on any atom is -0.256 e. The molecule has 1 nitrogen and oxygen atoms in total. The summed E-state index contributed by atoms with van der Waals surface area (Å²) in [5.74, 6) is -0.597. The molecule has 136 valence electrons. The van der Waals surface area contributed by atoms with E-state index in [4.69, 9.17) is 0 Å². The number of hydrogen-bond donors (Lipinski definition) is 0. The van der Waals surface area contributed by atoms with Crippen LogP contribution in [-0.2, 0) is 6.42 Å². The Kier molecular flexibility index (Phi) is 4.34. The molecule has 0 aliphatic rings. The Bertz CT molecular complexity index is 1150. The number of alkyl halides is 2. The molecule has 0 atom stereocenters. The van der Waals surface area contributed by atoms with Crippen molar-refractivity contribution >= 4 is 21.5 Å². The Hall–Kier alpha value is -2.88. The molecule has 0 N–H and O–H groups in total. The van der Waals surface area contributed by atoms with Gasteiger partial charge in [-0.25, -0.2) is 13.2 Å². The van der Waals surface area contributed by atoms with Gasteiger partial charge in [-0.15, -0.1) is 0 Å². The fraction of sp³-hybridized carbons (Fsp3) is 0.174. The van der Waals surface area contributed by atoms with Crippen molar-refractivity contribution in [3.05, 3.63) is 77.2 Å². The number of fused-ring (bicyclic) bond motifs is 3. The van der Waals surface area contributed by atoms with Gasteiger partial charge in [0.1, 0.15) is 5.82 Å². The minimum absolute atomic E-state index is 0.0421. The summed E-state index contributed by atoms with van der Waals surface area (Å²) in [6.45, 7) is 4.08. The average Bonchev–Trinajstić information content (AvgIpc) is 2.60. The van der Waals surface area contributed by atoms with Crippen LogP contribution in [0.4, 0.5) is 13.2 Å². The molecule has 0 saturated heterocycles. The zero-order valence-corrected chi connectivity index (χ0v) is 15.1. The number of aromatic nitrogens is 1. The predicted molar refractivity (Wildman–Crippen MR) is 104 cm³/mol. The lowest BCUT2D eigenvalue weighted by molar-refractivity contribution is 0.148. The third-order valence-corrected chi connectivity index (χ3v) is 4.80. The summed E-state index contributed by atoms with van der Waals surface area (Å²) in [5, 5.41) is 3.23. The largest absolute Gasteiger partial charge is 0.256 e. The summed E-state index contributed by atoms with van der Waals surface area (Å²) in [6.07, 6.45) is -1.44. The summed E-state index contributed by atoms with van der Waals surface area (Å²) in [5.41, 5.74) is 4.17. The van der Waals surface area contributed by atoms with Crippen LogP contribution in [0.3, 0.4) is 0 Å². The summed E-state index contributed by atoms with van der Waals surface area (Å²) < 4.78 is 39.8. The molecule has 0 bridgehead atoms. The third kappa shape index (κ3) is 3.27. The van der Waals surface area contributed by atoms with Gasteiger partial charge < -0.3 is 0 Å². The van der Waals surface area contributed by atoms with Crippen LogP contribution in [0.5, 0.6) is 0 Å². The molecule has 0 aliphatic carbocycles. The molecule has 1 heterocycles. The van der Waals surface area contributed by atoms with Crippen LogP contribution in [0.2, 0.25) is 0 Å². The molecule has 0 aliphatic heterocycles. The number of pyridine rings is 1. The Morgan fingerprint density at radius 2 is 1.59 bits per heavy atom. The molecule has 27 heavy (non-hydrogen) atoms. The molecule has 4 aromatic rings. The van der Waals surface area contributed by atoms with Crippen LogP contribution in [0.1, 0.15) is 16.7 Å². The van der Waals surface area contributed by atoms with Crippen molar-refractivity contribution in [3.8, 4) is 11.3 Å². The Morgan fingerprint density at radius 3 is 2.30 bits per heavy atom. The molecule has 4 rings (SSSR count). The standard InChI is InChI=1S/C23H18F3N/c1-13-7-14(2)9-17(8-13)23-19-4-3-15-10-16(11-22(25)26)21(24)12-20(15)18(19)5-6-27-23/h3-10,12,22H,11H2,1-2H3. The molecular weight excluding hydrogens is 347 g/mol. The van der Waals surface area contributed by atoms with E-state index in [1.165, 1.54) is 12.1 Å². The average molecular weight is 365 g/mol. The fourth-order valence-corrected chi connectivity index (χ4v) is 3.72. The Morgan fingerprint density at radius 1 is 0.852 bits per heavy atom. The highest BCUT2D eigenvalue weighted by Gasteiger charge is 2.14. The van der Waals surface area contributed by atoms with Crippen molar-refractivity contribution in [1.29, 1.82) is 0 Å².